The first kappa shape index (κ1) is 17.5. The molecule has 1 aliphatic rings. The van der Waals surface area contributed by atoms with Crippen molar-refractivity contribution in [2.75, 3.05) is 4.90 Å². The van der Waals surface area contributed by atoms with Crippen molar-refractivity contribution in [2.24, 2.45) is 0 Å². The predicted molar refractivity (Wildman–Crippen MR) is 98.2 cm³/mol. The zero-order chi connectivity index (χ0) is 18.4. The van der Waals surface area contributed by atoms with E-state index in [1.54, 1.807) is 39.0 Å². The summed E-state index contributed by atoms with van der Waals surface area (Å²) in [5, 5.41) is 0.524. The van der Waals surface area contributed by atoms with Gasteiger partial charge in [-0.1, -0.05) is 35.9 Å². The highest BCUT2D eigenvalue weighted by atomic mass is 35.5. The molecular weight excluding hydrogens is 338 g/mol. The van der Waals surface area contributed by atoms with Crippen molar-refractivity contribution in [1.29, 1.82) is 0 Å². The number of imide groups is 1. The first-order valence-corrected chi connectivity index (χ1v) is 8.49. The average Bonchev–Trinajstić information content (AvgIpc) is 2.77. The minimum Gasteiger partial charge on any atom is -0.443 e. The first-order valence-electron chi connectivity index (χ1n) is 8.11. The molecule has 130 valence electrons. The summed E-state index contributed by atoms with van der Waals surface area (Å²) in [6, 6.07) is 12.8. The van der Waals surface area contributed by atoms with Gasteiger partial charge in [0.2, 0.25) is 5.91 Å². The topological polar surface area (TPSA) is 46.6 Å². The van der Waals surface area contributed by atoms with Gasteiger partial charge in [-0.2, -0.15) is 0 Å². The molecule has 1 unspecified atom stereocenters. The number of benzene rings is 2. The van der Waals surface area contributed by atoms with Gasteiger partial charge in [-0.3, -0.25) is 4.79 Å². The van der Waals surface area contributed by atoms with Crippen LogP contribution in [-0.2, 0) is 9.53 Å². The van der Waals surface area contributed by atoms with E-state index >= 15 is 0 Å². The zero-order valence-electron chi connectivity index (χ0n) is 14.7. The largest absolute Gasteiger partial charge is 0.443 e. The molecule has 1 atom stereocenters. The number of nitrogens with zero attached hydrogens (tertiary/aromatic N) is 1. The second-order valence-electron chi connectivity index (χ2n) is 7.15. The van der Waals surface area contributed by atoms with E-state index in [0.717, 1.165) is 21.6 Å². The lowest BCUT2D eigenvalue weighted by atomic mass is 9.90. The van der Waals surface area contributed by atoms with Crippen LogP contribution in [0.3, 0.4) is 0 Å². The van der Waals surface area contributed by atoms with Gasteiger partial charge in [-0.05, 0) is 62.6 Å². The van der Waals surface area contributed by atoms with Crippen molar-refractivity contribution < 1.29 is 14.3 Å². The van der Waals surface area contributed by atoms with E-state index in [1.165, 1.54) is 0 Å². The molecule has 2 aromatic rings. The molecule has 1 aliphatic heterocycles. The van der Waals surface area contributed by atoms with Crippen LogP contribution in [0.15, 0.2) is 42.5 Å². The Labute approximate surface area is 152 Å². The zero-order valence-corrected chi connectivity index (χ0v) is 15.4. The van der Waals surface area contributed by atoms with Gasteiger partial charge in [0.15, 0.2) is 0 Å². The number of anilines is 1. The SMILES string of the molecule is Cc1ccccc1C1C(=O)N(C(=O)OC(C)(C)C)c2ccc(Cl)cc21. The molecule has 0 aliphatic carbocycles. The highest BCUT2D eigenvalue weighted by Crippen LogP contribution is 2.43. The van der Waals surface area contributed by atoms with Crippen LogP contribution in [0.5, 0.6) is 0 Å². The Bertz CT molecular complexity index is 854. The lowest BCUT2D eigenvalue weighted by molar-refractivity contribution is -0.118. The summed E-state index contributed by atoms with van der Waals surface area (Å²) in [7, 11) is 0. The first-order chi connectivity index (χ1) is 11.7. The normalized spacial score (nSPS) is 16.8. The second-order valence-corrected chi connectivity index (χ2v) is 7.58. The molecule has 0 N–H and O–H groups in total. The van der Waals surface area contributed by atoms with Gasteiger partial charge in [0.1, 0.15) is 5.60 Å². The second kappa shape index (κ2) is 6.19. The van der Waals surface area contributed by atoms with E-state index in [2.05, 4.69) is 0 Å². The average molecular weight is 358 g/mol. The number of amides is 2. The van der Waals surface area contributed by atoms with E-state index in [9.17, 15) is 9.59 Å². The van der Waals surface area contributed by atoms with Gasteiger partial charge < -0.3 is 4.74 Å². The predicted octanol–water partition coefficient (Wildman–Crippen LogP) is 5.06. The highest BCUT2D eigenvalue weighted by Gasteiger charge is 2.43. The number of rotatable bonds is 1. The van der Waals surface area contributed by atoms with Crippen LogP contribution in [0.25, 0.3) is 0 Å². The van der Waals surface area contributed by atoms with E-state index < -0.39 is 17.6 Å². The fraction of sp³-hybridized carbons (Fsp3) is 0.300. The summed E-state index contributed by atoms with van der Waals surface area (Å²) in [6.45, 7) is 7.26. The Balaban J connectivity index is 2.12. The highest BCUT2D eigenvalue weighted by molar-refractivity contribution is 6.31. The van der Waals surface area contributed by atoms with Gasteiger partial charge in [0, 0.05) is 5.02 Å². The molecule has 25 heavy (non-hydrogen) atoms. The third-order valence-corrected chi connectivity index (χ3v) is 4.32. The van der Waals surface area contributed by atoms with Crippen molar-refractivity contribution in [3.05, 3.63) is 64.2 Å². The van der Waals surface area contributed by atoms with Crippen LogP contribution >= 0.6 is 11.6 Å². The van der Waals surface area contributed by atoms with Crippen LogP contribution in [0.4, 0.5) is 10.5 Å². The standard InChI is InChI=1S/C20H20ClNO3/c1-12-7-5-6-8-14(12)17-15-11-13(21)9-10-16(15)22(18(17)23)19(24)25-20(2,3)4/h5-11,17H,1-4H3. The Hall–Kier alpha value is -2.33. The van der Waals surface area contributed by atoms with Crippen LogP contribution in [0.2, 0.25) is 5.02 Å². The van der Waals surface area contributed by atoms with Crippen LogP contribution in [0.1, 0.15) is 43.4 Å². The maximum absolute atomic E-state index is 13.1. The quantitative estimate of drug-likeness (QED) is 0.716. The lowest BCUT2D eigenvalue weighted by Gasteiger charge is -2.24. The number of halogens is 1. The summed E-state index contributed by atoms with van der Waals surface area (Å²) in [4.78, 5) is 26.9. The molecule has 3 rings (SSSR count). The molecule has 0 saturated carbocycles. The third kappa shape index (κ3) is 3.27. The van der Waals surface area contributed by atoms with E-state index in [-0.39, 0.29) is 5.91 Å². The molecule has 0 aromatic heterocycles. The number of hydrogen-bond donors (Lipinski definition) is 0. The van der Waals surface area contributed by atoms with Gasteiger partial charge >= 0.3 is 6.09 Å². The molecule has 2 amide bonds. The Morgan fingerprint density at radius 3 is 2.44 bits per heavy atom. The Morgan fingerprint density at radius 2 is 1.80 bits per heavy atom. The molecule has 5 heteroatoms. The number of carbonyl (C=O) groups is 2. The van der Waals surface area contributed by atoms with Gasteiger partial charge in [0.05, 0.1) is 11.6 Å². The van der Waals surface area contributed by atoms with E-state index in [1.807, 2.05) is 31.2 Å². The Kier molecular flexibility index (Phi) is 4.33. The fourth-order valence-corrected chi connectivity index (χ4v) is 3.23. The van der Waals surface area contributed by atoms with Crippen molar-refractivity contribution in [3.8, 4) is 0 Å². The maximum atomic E-state index is 13.1. The number of carbonyl (C=O) groups excluding carboxylic acids is 2. The number of hydrogen-bond acceptors (Lipinski definition) is 3. The van der Waals surface area contributed by atoms with Crippen molar-refractivity contribution >= 4 is 29.3 Å². The van der Waals surface area contributed by atoms with Gasteiger partial charge in [-0.25, -0.2) is 9.69 Å². The summed E-state index contributed by atoms with van der Waals surface area (Å²) in [5.74, 6) is -0.886. The smallest absolute Gasteiger partial charge is 0.421 e. The molecular formula is C20H20ClNO3. The molecule has 2 aromatic carbocycles. The van der Waals surface area contributed by atoms with Crippen molar-refractivity contribution in [1.82, 2.24) is 0 Å². The molecule has 0 fully saturated rings. The third-order valence-electron chi connectivity index (χ3n) is 4.08. The summed E-state index contributed by atoms with van der Waals surface area (Å²) >= 11 is 6.15. The molecule has 0 radical (unpaired) electrons. The van der Waals surface area contributed by atoms with Crippen LogP contribution in [0, 0.1) is 6.92 Å². The molecule has 0 spiro atoms. The molecule has 4 nitrogen and oxygen atoms in total. The molecule has 1 heterocycles. The Morgan fingerprint density at radius 1 is 1.12 bits per heavy atom. The van der Waals surface area contributed by atoms with Crippen LogP contribution in [-0.4, -0.2) is 17.6 Å². The lowest BCUT2D eigenvalue weighted by Crippen LogP contribution is -2.39. The monoisotopic (exact) mass is 357 g/mol. The van der Waals surface area contributed by atoms with Gasteiger partial charge in [-0.15, -0.1) is 0 Å². The molecule has 0 bridgehead atoms. The van der Waals surface area contributed by atoms with Crippen molar-refractivity contribution in [3.63, 3.8) is 0 Å². The van der Waals surface area contributed by atoms with Gasteiger partial charge in [0.25, 0.3) is 0 Å². The number of ether oxygens (including phenoxy) is 1. The maximum Gasteiger partial charge on any atom is 0.421 e. The minimum atomic E-state index is -0.690. The number of fused-ring (bicyclic) bond motifs is 1. The minimum absolute atomic E-state index is 0.319. The summed E-state index contributed by atoms with van der Waals surface area (Å²) in [5.41, 5.74) is 2.40. The molecule has 0 saturated heterocycles. The van der Waals surface area contributed by atoms with E-state index in [0.29, 0.717) is 10.7 Å². The summed E-state index contributed by atoms with van der Waals surface area (Å²) in [6.07, 6.45) is -0.669. The summed E-state index contributed by atoms with van der Waals surface area (Å²) < 4.78 is 5.43. The van der Waals surface area contributed by atoms with E-state index in [4.69, 9.17) is 16.3 Å². The fourth-order valence-electron chi connectivity index (χ4n) is 3.05. The van der Waals surface area contributed by atoms with Crippen LogP contribution < -0.4 is 4.90 Å². The van der Waals surface area contributed by atoms with Crippen molar-refractivity contribution in [2.45, 2.75) is 39.2 Å². The number of aryl methyl sites for hydroxylation is 1.